The molecule has 1 amide bonds. The number of aromatic nitrogens is 4. The molecule has 0 aliphatic carbocycles. The molecule has 0 radical (unpaired) electrons. The van der Waals surface area contributed by atoms with E-state index in [2.05, 4.69) is 24.0 Å². The number of anilines is 1. The Balaban J connectivity index is 1.47. The second kappa shape index (κ2) is 8.07. The average molecular weight is 427 g/mol. The zero-order valence-corrected chi connectivity index (χ0v) is 18.6. The van der Waals surface area contributed by atoms with E-state index >= 15 is 0 Å². The summed E-state index contributed by atoms with van der Waals surface area (Å²) < 4.78 is 1.92. The number of benzene rings is 2. The summed E-state index contributed by atoms with van der Waals surface area (Å²) >= 11 is 0. The molecule has 5 rings (SSSR count). The molecule has 0 spiro atoms. The predicted molar refractivity (Wildman–Crippen MR) is 125 cm³/mol. The molecule has 0 unspecified atom stereocenters. The van der Waals surface area contributed by atoms with Gasteiger partial charge in [-0.25, -0.2) is 14.6 Å². The fourth-order valence-electron chi connectivity index (χ4n) is 4.35. The molecular weight excluding hydrogens is 400 g/mol. The van der Waals surface area contributed by atoms with Crippen molar-refractivity contribution in [2.24, 2.45) is 0 Å². The van der Waals surface area contributed by atoms with Crippen LogP contribution < -0.4 is 4.90 Å². The number of fused-ring (bicyclic) bond motifs is 1. The first kappa shape index (κ1) is 20.2. The van der Waals surface area contributed by atoms with Gasteiger partial charge < -0.3 is 9.80 Å². The summed E-state index contributed by atoms with van der Waals surface area (Å²) in [6.07, 6.45) is 0. The third-order valence-electron chi connectivity index (χ3n) is 6.03. The highest BCUT2D eigenvalue weighted by Crippen LogP contribution is 2.30. The van der Waals surface area contributed by atoms with Crippen molar-refractivity contribution >= 4 is 22.8 Å². The van der Waals surface area contributed by atoms with Gasteiger partial charge in [0, 0.05) is 31.7 Å². The maximum absolute atomic E-state index is 12.8. The topological polar surface area (TPSA) is 67.2 Å². The largest absolute Gasteiger partial charge is 0.352 e. The van der Waals surface area contributed by atoms with Crippen LogP contribution in [0.3, 0.4) is 0 Å². The van der Waals surface area contributed by atoms with E-state index in [1.807, 2.05) is 65.9 Å². The van der Waals surface area contributed by atoms with Crippen molar-refractivity contribution in [3.8, 4) is 5.69 Å². The number of hydrogen-bond donors (Lipinski definition) is 0. The summed E-state index contributed by atoms with van der Waals surface area (Å²) in [4.78, 5) is 26.5. The number of amides is 1. The molecule has 2 aromatic carbocycles. The van der Waals surface area contributed by atoms with E-state index in [0.717, 1.165) is 52.4 Å². The number of rotatable bonds is 3. The Bertz CT molecular complexity index is 1290. The van der Waals surface area contributed by atoms with Crippen LogP contribution in [-0.2, 0) is 0 Å². The molecule has 0 atom stereocenters. The monoisotopic (exact) mass is 426 g/mol. The fraction of sp³-hybridized carbons (Fsp3) is 0.280. The van der Waals surface area contributed by atoms with Crippen molar-refractivity contribution in [2.75, 3.05) is 31.1 Å². The van der Waals surface area contributed by atoms with Crippen LogP contribution in [0, 0.1) is 20.8 Å². The summed E-state index contributed by atoms with van der Waals surface area (Å²) in [5.41, 5.74) is 4.62. The van der Waals surface area contributed by atoms with E-state index in [1.54, 1.807) is 0 Å². The van der Waals surface area contributed by atoms with Crippen LogP contribution >= 0.6 is 0 Å². The van der Waals surface area contributed by atoms with Gasteiger partial charge in [0.15, 0.2) is 5.65 Å². The van der Waals surface area contributed by atoms with E-state index in [-0.39, 0.29) is 5.91 Å². The SMILES string of the molecule is Cc1nc(N2CCN(C(=O)c3ccccc3)CC2)c2c(C)nn(-c3ccccc3C)c2n1. The molecule has 3 heterocycles. The van der Waals surface area contributed by atoms with Crippen LogP contribution in [0.15, 0.2) is 54.6 Å². The van der Waals surface area contributed by atoms with E-state index < -0.39 is 0 Å². The molecule has 1 saturated heterocycles. The summed E-state index contributed by atoms with van der Waals surface area (Å²) in [5.74, 6) is 1.69. The van der Waals surface area contributed by atoms with Gasteiger partial charge in [0.2, 0.25) is 0 Å². The van der Waals surface area contributed by atoms with Crippen LogP contribution in [0.2, 0.25) is 0 Å². The maximum Gasteiger partial charge on any atom is 0.253 e. The molecule has 32 heavy (non-hydrogen) atoms. The lowest BCUT2D eigenvalue weighted by atomic mass is 10.1. The van der Waals surface area contributed by atoms with Crippen molar-refractivity contribution in [1.29, 1.82) is 0 Å². The first-order chi connectivity index (χ1) is 15.5. The Kier molecular flexibility index (Phi) is 5.09. The van der Waals surface area contributed by atoms with Gasteiger partial charge in [-0.05, 0) is 44.5 Å². The highest BCUT2D eigenvalue weighted by Gasteiger charge is 2.26. The summed E-state index contributed by atoms with van der Waals surface area (Å²) in [7, 11) is 0. The molecule has 7 heteroatoms. The number of aryl methyl sites for hydroxylation is 3. The molecule has 0 saturated carbocycles. The van der Waals surface area contributed by atoms with Crippen molar-refractivity contribution in [3.63, 3.8) is 0 Å². The number of piperazine rings is 1. The number of carbonyl (C=O) groups excluding carboxylic acids is 1. The van der Waals surface area contributed by atoms with E-state index in [1.165, 1.54) is 0 Å². The Morgan fingerprint density at radius 1 is 0.844 bits per heavy atom. The average Bonchev–Trinajstić information content (AvgIpc) is 3.15. The van der Waals surface area contributed by atoms with Crippen molar-refractivity contribution in [1.82, 2.24) is 24.6 Å². The molecule has 0 bridgehead atoms. The number of carbonyl (C=O) groups is 1. The number of para-hydroxylation sites is 1. The zero-order valence-electron chi connectivity index (χ0n) is 18.6. The predicted octanol–water partition coefficient (Wildman–Crippen LogP) is 3.70. The smallest absolute Gasteiger partial charge is 0.253 e. The lowest BCUT2D eigenvalue weighted by molar-refractivity contribution is 0.0746. The number of hydrogen-bond acceptors (Lipinski definition) is 5. The third-order valence-corrected chi connectivity index (χ3v) is 6.03. The Labute approximate surface area is 187 Å². The summed E-state index contributed by atoms with van der Waals surface area (Å²) in [5, 5.41) is 5.80. The van der Waals surface area contributed by atoms with Crippen molar-refractivity contribution in [2.45, 2.75) is 20.8 Å². The second-order valence-corrected chi connectivity index (χ2v) is 8.22. The van der Waals surface area contributed by atoms with Gasteiger partial charge in [0.25, 0.3) is 5.91 Å². The molecule has 162 valence electrons. The minimum atomic E-state index is 0.0813. The van der Waals surface area contributed by atoms with E-state index in [0.29, 0.717) is 18.9 Å². The van der Waals surface area contributed by atoms with Crippen LogP contribution in [0.4, 0.5) is 5.82 Å². The summed E-state index contributed by atoms with van der Waals surface area (Å²) in [6, 6.07) is 17.7. The van der Waals surface area contributed by atoms with Gasteiger partial charge in [-0.15, -0.1) is 0 Å². The van der Waals surface area contributed by atoms with Gasteiger partial charge in [0.1, 0.15) is 11.6 Å². The van der Waals surface area contributed by atoms with E-state index in [4.69, 9.17) is 15.1 Å². The Hall–Kier alpha value is -3.74. The molecule has 0 N–H and O–H groups in total. The van der Waals surface area contributed by atoms with Crippen molar-refractivity contribution < 1.29 is 4.79 Å². The highest BCUT2D eigenvalue weighted by molar-refractivity contribution is 5.95. The van der Waals surface area contributed by atoms with Gasteiger partial charge in [0.05, 0.1) is 16.8 Å². The second-order valence-electron chi connectivity index (χ2n) is 8.22. The zero-order chi connectivity index (χ0) is 22.2. The first-order valence-electron chi connectivity index (χ1n) is 10.9. The standard InChI is InChI=1S/C25H26N6O/c1-17-9-7-8-12-21(17)31-24-22(18(2)28-31)23(26-19(3)27-24)29-13-15-30(16-14-29)25(32)20-10-5-4-6-11-20/h4-12H,13-16H2,1-3H3. The van der Waals surface area contributed by atoms with Crippen LogP contribution in [0.5, 0.6) is 0 Å². The van der Waals surface area contributed by atoms with Crippen molar-refractivity contribution in [3.05, 3.63) is 77.2 Å². The minimum Gasteiger partial charge on any atom is -0.352 e. The van der Waals surface area contributed by atoms with Gasteiger partial charge >= 0.3 is 0 Å². The quantitative estimate of drug-likeness (QED) is 0.500. The normalized spacial score (nSPS) is 14.2. The Morgan fingerprint density at radius 2 is 1.53 bits per heavy atom. The first-order valence-corrected chi connectivity index (χ1v) is 10.9. The molecule has 7 nitrogen and oxygen atoms in total. The number of nitrogens with zero attached hydrogens (tertiary/aromatic N) is 6. The molecule has 4 aromatic rings. The summed E-state index contributed by atoms with van der Waals surface area (Å²) in [6.45, 7) is 8.76. The van der Waals surface area contributed by atoms with Gasteiger partial charge in [-0.2, -0.15) is 5.10 Å². The highest BCUT2D eigenvalue weighted by atomic mass is 16.2. The van der Waals surface area contributed by atoms with Crippen LogP contribution in [0.1, 0.15) is 27.4 Å². The lowest BCUT2D eigenvalue weighted by Gasteiger charge is -2.35. The van der Waals surface area contributed by atoms with Crippen LogP contribution in [-0.4, -0.2) is 56.7 Å². The Morgan fingerprint density at radius 3 is 2.25 bits per heavy atom. The van der Waals surface area contributed by atoms with Gasteiger partial charge in [-0.1, -0.05) is 36.4 Å². The van der Waals surface area contributed by atoms with E-state index in [9.17, 15) is 4.79 Å². The molecule has 1 aliphatic heterocycles. The molecule has 1 aliphatic rings. The maximum atomic E-state index is 12.8. The lowest BCUT2D eigenvalue weighted by Crippen LogP contribution is -2.49. The fourth-order valence-corrected chi connectivity index (χ4v) is 4.35. The third kappa shape index (κ3) is 3.49. The molecule has 2 aromatic heterocycles. The minimum absolute atomic E-state index is 0.0813. The molecule has 1 fully saturated rings. The molecular formula is C25H26N6O. The van der Waals surface area contributed by atoms with Crippen LogP contribution in [0.25, 0.3) is 16.7 Å². The van der Waals surface area contributed by atoms with Gasteiger partial charge in [-0.3, -0.25) is 4.79 Å².